The summed E-state index contributed by atoms with van der Waals surface area (Å²) in [5.74, 6) is -0.364. The van der Waals surface area contributed by atoms with Crippen molar-refractivity contribution in [2.24, 2.45) is 5.14 Å². The number of primary sulfonamides is 1. The predicted molar refractivity (Wildman–Crippen MR) is 133 cm³/mol. The molecule has 0 bridgehead atoms. The molecular formula is C25H20ClN3O3S. The maximum atomic E-state index is 13.1. The van der Waals surface area contributed by atoms with Crippen LogP contribution >= 0.6 is 11.6 Å². The SMILES string of the molecule is Nc1c(C(=O)Nc2ccccc2)cc(-c2ccc(Cl)cc2)cc1-c1ccc(S(N)(=O)=O)cc1. The van der Waals surface area contributed by atoms with Crippen LogP contribution in [0.1, 0.15) is 10.4 Å². The average molecular weight is 478 g/mol. The molecule has 33 heavy (non-hydrogen) atoms. The Kier molecular flexibility index (Phi) is 6.20. The van der Waals surface area contributed by atoms with Crippen molar-refractivity contribution in [1.82, 2.24) is 0 Å². The molecule has 5 N–H and O–H groups in total. The van der Waals surface area contributed by atoms with Crippen molar-refractivity contribution in [1.29, 1.82) is 0 Å². The lowest BCUT2D eigenvalue weighted by Crippen LogP contribution is -2.15. The Labute approximate surface area is 196 Å². The van der Waals surface area contributed by atoms with Crippen molar-refractivity contribution in [3.63, 3.8) is 0 Å². The molecule has 1 amide bonds. The number of para-hydroxylation sites is 1. The van der Waals surface area contributed by atoms with Crippen LogP contribution in [0.3, 0.4) is 0 Å². The van der Waals surface area contributed by atoms with Crippen LogP contribution in [0.25, 0.3) is 22.3 Å². The summed E-state index contributed by atoms with van der Waals surface area (Å²) < 4.78 is 23.2. The molecule has 0 spiro atoms. The molecule has 0 unspecified atom stereocenters. The Morgan fingerprint density at radius 2 is 1.39 bits per heavy atom. The number of amides is 1. The highest BCUT2D eigenvalue weighted by Gasteiger charge is 2.18. The lowest BCUT2D eigenvalue weighted by molar-refractivity contribution is 0.102. The van der Waals surface area contributed by atoms with Gasteiger partial charge in [0.2, 0.25) is 10.0 Å². The second kappa shape index (κ2) is 9.07. The number of sulfonamides is 1. The molecule has 0 radical (unpaired) electrons. The van der Waals surface area contributed by atoms with Crippen LogP contribution in [-0.4, -0.2) is 14.3 Å². The Morgan fingerprint density at radius 3 is 2.00 bits per heavy atom. The monoisotopic (exact) mass is 477 g/mol. The standard InChI is InChI=1S/C25H20ClN3O3S/c26-19-10-6-16(7-11-19)18-14-22(17-8-12-21(13-9-17)33(28,31)32)24(27)23(15-18)25(30)29-20-4-2-1-3-5-20/h1-15H,27H2,(H,29,30)(H2,28,31,32). The number of anilines is 2. The number of hydrogen-bond acceptors (Lipinski definition) is 4. The zero-order valence-corrected chi connectivity index (χ0v) is 18.9. The second-order valence-electron chi connectivity index (χ2n) is 7.38. The van der Waals surface area contributed by atoms with Crippen molar-refractivity contribution < 1.29 is 13.2 Å². The van der Waals surface area contributed by atoms with Crippen molar-refractivity contribution >= 4 is 38.9 Å². The number of carbonyl (C=O) groups excluding carboxylic acids is 1. The van der Waals surface area contributed by atoms with Crippen LogP contribution in [-0.2, 0) is 10.0 Å². The van der Waals surface area contributed by atoms with Crippen molar-refractivity contribution in [2.45, 2.75) is 4.90 Å². The second-order valence-corrected chi connectivity index (χ2v) is 9.38. The van der Waals surface area contributed by atoms with E-state index in [1.54, 1.807) is 42.5 Å². The van der Waals surface area contributed by atoms with Gasteiger partial charge in [0.1, 0.15) is 0 Å². The molecular weight excluding hydrogens is 458 g/mol. The van der Waals surface area contributed by atoms with E-state index in [-0.39, 0.29) is 22.1 Å². The lowest BCUT2D eigenvalue weighted by Gasteiger charge is -2.15. The summed E-state index contributed by atoms with van der Waals surface area (Å²) >= 11 is 6.03. The Bertz CT molecular complexity index is 1420. The highest BCUT2D eigenvalue weighted by molar-refractivity contribution is 7.89. The maximum absolute atomic E-state index is 13.1. The quantitative estimate of drug-likeness (QED) is 0.344. The first-order valence-electron chi connectivity index (χ1n) is 9.91. The fourth-order valence-corrected chi connectivity index (χ4v) is 4.07. The normalized spacial score (nSPS) is 11.2. The molecule has 6 nitrogen and oxygen atoms in total. The van der Waals surface area contributed by atoms with Gasteiger partial charge in [-0.1, -0.05) is 54.1 Å². The first-order valence-corrected chi connectivity index (χ1v) is 11.8. The zero-order chi connectivity index (χ0) is 23.6. The molecule has 4 rings (SSSR count). The van der Waals surface area contributed by atoms with Crippen LogP contribution in [0, 0.1) is 0 Å². The molecule has 0 saturated carbocycles. The number of nitrogens with one attached hydrogen (secondary N) is 1. The number of nitrogen functional groups attached to an aromatic ring is 1. The molecule has 0 aromatic heterocycles. The Morgan fingerprint density at radius 1 is 0.788 bits per heavy atom. The topological polar surface area (TPSA) is 115 Å². The molecule has 0 heterocycles. The summed E-state index contributed by atoms with van der Waals surface area (Å²) in [7, 11) is -3.83. The third kappa shape index (κ3) is 5.06. The van der Waals surface area contributed by atoms with Gasteiger partial charge >= 0.3 is 0 Å². The molecule has 0 aliphatic heterocycles. The van der Waals surface area contributed by atoms with Crippen LogP contribution in [0.5, 0.6) is 0 Å². The number of hydrogen-bond donors (Lipinski definition) is 3. The van der Waals surface area contributed by atoms with E-state index in [0.717, 1.165) is 11.1 Å². The third-order valence-electron chi connectivity index (χ3n) is 5.13. The number of halogens is 1. The van der Waals surface area contributed by atoms with Gasteiger partial charge in [-0.2, -0.15) is 0 Å². The molecule has 0 saturated heterocycles. The first kappa shape index (κ1) is 22.5. The van der Waals surface area contributed by atoms with Gasteiger partial charge in [0, 0.05) is 16.3 Å². The maximum Gasteiger partial charge on any atom is 0.257 e. The van der Waals surface area contributed by atoms with Crippen LogP contribution in [0.15, 0.2) is 95.9 Å². The van der Waals surface area contributed by atoms with E-state index in [4.69, 9.17) is 22.5 Å². The first-order chi connectivity index (χ1) is 15.7. The van der Waals surface area contributed by atoms with Gasteiger partial charge in [-0.25, -0.2) is 13.6 Å². The summed E-state index contributed by atoms with van der Waals surface area (Å²) in [6.07, 6.45) is 0. The van der Waals surface area contributed by atoms with Gasteiger partial charge < -0.3 is 11.1 Å². The highest BCUT2D eigenvalue weighted by atomic mass is 35.5. The molecule has 4 aromatic carbocycles. The van der Waals surface area contributed by atoms with Crippen molar-refractivity contribution in [2.75, 3.05) is 11.1 Å². The minimum Gasteiger partial charge on any atom is -0.398 e. The number of benzene rings is 4. The highest BCUT2D eigenvalue weighted by Crippen LogP contribution is 2.35. The predicted octanol–water partition coefficient (Wildman–Crippen LogP) is 5.16. The molecule has 8 heteroatoms. The van der Waals surface area contributed by atoms with E-state index in [9.17, 15) is 13.2 Å². The smallest absolute Gasteiger partial charge is 0.257 e. The molecule has 166 valence electrons. The number of rotatable bonds is 5. The van der Waals surface area contributed by atoms with E-state index in [0.29, 0.717) is 21.8 Å². The van der Waals surface area contributed by atoms with Gasteiger partial charge in [0.05, 0.1) is 16.1 Å². The minimum atomic E-state index is -3.83. The minimum absolute atomic E-state index is 0.0132. The molecule has 0 aliphatic carbocycles. The summed E-state index contributed by atoms with van der Waals surface area (Å²) in [6.45, 7) is 0. The van der Waals surface area contributed by atoms with Crippen LogP contribution in [0.2, 0.25) is 5.02 Å². The fraction of sp³-hybridized carbons (Fsp3) is 0. The molecule has 0 fully saturated rings. The van der Waals surface area contributed by atoms with E-state index >= 15 is 0 Å². The van der Waals surface area contributed by atoms with E-state index in [2.05, 4.69) is 5.32 Å². The largest absolute Gasteiger partial charge is 0.398 e. The third-order valence-corrected chi connectivity index (χ3v) is 6.31. The Hall–Kier alpha value is -3.65. The van der Waals surface area contributed by atoms with Gasteiger partial charge in [0.25, 0.3) is 5.91 Å². The average Bonchev–Trinajstić information content (AvgIpc) is 2.80. The van der Waals surface area contributed by atoms with Gasteiger partial charge in [-0.05, 0) is 65.2 Å². The van der Waals surface area contributed by atoms with Gasteiger partial charge in [-0.3, -0.25) is 4.79 Å². The zero-order valence-electron chi connectivity index (χ0n) is 17.3. The molecule has 4 aromatic rings. The van der Waals surface area contributed by atoms with Crippen molar-refractivity contribution in [3.05, 3.63) is 102 Å². The van der Waals surface area contributed by atoms with Gasteiger partial charge in [-0.15, -0.1) is 0 Å². The lowest BCUT2D eigenvalue weighted by atomic mass is 9.93. The van der Waals surface area contributed by atoms with Crippen LogP contribution < -0.4 is 16.2 Å². The number of nitrogens with two attached hydrogens (primary N) is 2. The summed E-state index contributed by atoms with van der Waals surface area (Å²) in [4.78, 5) is 13.1. The van der Waals surface area contributed by atoms with E-state index in [1.807, 2.05) is 36.4 Å². The summed E-state index contributed by atoms with van der Waals surface area (Å²) in [6, 6.07) is 25.9. The summed E-state index contributed by atoms with van der Waals surface area (Å²) in [5, 5.41) is 8.66. The number of carbonyl (C=O) groups is 1. The summed E-state index contributed by atoms with van der Waals surface area (Å²) in [5.41, 5.74) is 10.5. The molecule has 0 aliphatic rings. The fourth-order valence-electron chi connectivity index (χ4n) is 3.43. The van der Waals surface area contributed by atoms with Gasteiger partial charge in [0.15, 0.2) is 0 Å². The molecule has 0 atom stereocenters. The Balaban J connectivity index is 1.84. The van der Waals surface area contributed by atoms with Crippen LogP contribution in [0.4, 0.5) is 11.4 Å². The van der Waals surface area contributed by atoms with E-state index < -0.39 is 10.0 Å². The van der Waals surface area contributed by atoms with Crippen molar-refractivity contribution in [3.8, 4) is 22.3 Å². The van der Waals surface area contributed by atoms with E-state index in [1.165, 1.54) is 12.1 Å².